The van der Waals surface area contributed by atoms with Crippen molar-refractivity contribution in [3.63, 3.8) is 0 Å². The minimum absolute atomic E-state index is 0.323. The summed E-state index contributed by atoms with van der Waals surface area (Å²) in [5.74, 6) is 0.653. The van der Waals surface area contributed by atoms with Crippen molar-refractivity contribution in [1.29, 1.82) is 0 Å². The zero-order valence-corrected chi connectivity index (χ0v) is 12.8. The van der Waals surface area contributed by atoms with Gasteiger partial charge in [-0.05, 0) is 25.6 Å². The average Bonchev–Trinajstić information content (AvgIpc) is 2.37. The molecule has 1 rings (SSSR count). The molecule has 19 heavy (non-hydrogen) atoms. The lowest BCUT2D eigenvalue weighted by atomic mass is 10.0. The number of hydrogen-bond acceptors (Lipinski definition) is 3. The van der Waals surface area contributed by atoms with Crippen molar-refractivity contribution >= 4 is 0 Å². The first kappa shape index (κ1) is 16.2. The van der Waals surface area contributed by atoms with Gasteiger partial charge < -0.3 is 10.6 Å². The van der Waals surface area contributed by atoms with Crippen LogP contribution in [0.4, 0.5) is 0 Å². The monoisotopic (exact) mass is 263 g/mol. The van der Waals surface area contributed by atoms with Gasteiger partial charge in [-0.1, -0.05) is 44.2 Å². The molecule has 0 aliphatic carbocycles. The molecular weight excluding hydrogens is 234 g/mol. The third-order valence-electron chi connectivity index (χ3n) is 3.28. The molecule has 2 N–H and O–H groups in total. The van der Waals surface area contributed by atoms with Crippen LogP contribution in [0.3, 0.4) is 0 Å². The summed E-state index contributed by atoms with van der Waals surface area (Å²) in [4.78, 5) is 4.74. The zero-order chi connectivity index (χ0) is 14.3. The van der Waals surface area contributed by atoms with Crippen LogP contribution < -0.4 is 5.73 Å². The van der Waals surface area contributed by atoms with E-state index in [9.17, 15) is 0 Å². The molecule has 3 nitrogen and oxygen atoms in total. The van der Waals surface area contributed by atoms with Gasteiger partial charge in [-0.25, -0.2) is 0 Å². The van der Waals surface area contributed by atoms with E-state index in [-0.39, 0.29) is 0 Å². The highest BCUT2D eigenvalue weighted by atomic mass is 15.2. The maximum absolute atomic E-state index is 6.03. The molecule has 0 aliphatic rings. The van der Waals surface area contributed by atoms with Crippen molar-refractivity contribution in [2.45, 2.75) is 19.9 Å². The molecule has 0 aromatic heterocycles. The third kappa shape index (κ3) is 5.72. The molecule has 0 saturated heterocycles. The number of likely N-dealkylation sites (N-methyl/N-ethyl adjacent to an activating group) is 1. The fourth-order valence-electron chi connectivity index (χ4n) is 2.34. The molecule has 108 valence electrons. The van der Waals surface area contributed by atoms with Gasteiger partial charge in [0.15, 0.2) is 0 Å². The fourth-order valence-corrected chi connectivity index (χ4v) is 2.34. The second kappa shape index (κ2) is 8.31. The number of rotatable bonds is 8. The van der Waals surface area contributed by atoms with Crippen molar-refractivity contribution in [1.82, 2.24) is 9.80 Å². The van der Waals surface area contributed by atoms with Crippen molar-refractivity contribution in [2.75, 3.05) is 40.3 Å². The van der Waals surface area contributed by atoms with Crippen LogP contribution in [0.2, 0.25) is 0 Å². The van der Waals surface area contributed by atoms with Gasteiger partial charge in [-0.3, -0.25) is 4.90 Å². The highest BCUT2D eigenvalue weighted by Gasteiger charge is 2.19. The Bertz CT molecular complexity index is 335. The lowest BCUT2D eigenvalue weighted by Crippen LogP contribution is -2.40. The summed E-state index contributed by atoms with van der Waals surface area (Å²) in [6.45, 7) is 8.41. The predicted octanol–water partition coefficient (Wildman–Crippen LogP) is 2.21. The van der Waals surface area contributed by atoms with Crippen molar-refractivity contribution in [3.05, 3.63) is 35.9 Å². The summed E-state index contributed by atoms with van der Waals surface area (Å²) < 4.78 is 0. The fraction of sp³-hybridized carbons (Fsp3) is 0.625. The summed E-state index contributed by atoms with van der Waals surface area (Å²) in [6.07, 6.45) is 0. The minimum Gasteiger partial charge on any atom is -0.329 e. The first-order chi connectivity index (χ1) is 9.04. The van der Waals surface area contributed by atoms with Gasteiger partial charge in [-0.2, -0.15) is 0 Å². The average molecular weight is 263 g/mol. The van der Waals surface area contributed by atoms with Gasteiger partial charge >= 0.3 is 0 Å². The molecule has 0 saturated carbocycles. The van der Waals surface area contributed by atoms with Crippen molar-refractivity contribution in [3.8, 4) is 0 Å². The number of benzene rings is 1. The number of nitrogens with two attached hydrogens (primary N) is 1. The summed E-state index contributed by atoms with van der Waals surface area (Å²) in [5.41, 5.74) is 7.36. The molecule has 0 aliphatic heterocycles. The van der Waals surface area contributed by atoms with Crippen molar-refractivity contribution in [2.24, 2.45) is 11.7 Å². The van der Waals surface area contributed by atoms with Crippen LogP contribution in [0.5, 0.6) is 0 Å². The molecule has 0 spiro atoms. The van der Waals surface area contributed by atoms with E-state index in [0.717, 1.165) is 19.6 Å². The highest BCUT2D eigenvalue weighted by molar-refractivity contribution is 5.19. The lowest BCUT2D eigenvalue weighted by molar-refractivity contribution is 0.163. The molecule has 0 bridgehead atoms. The number of nitrogens with zero attached hydrogens (tertiary/aromatic N) is 2. The van der Waals surface area contributed by atoms with E-state index in [1.807, 2.05) is 0 Å². The predicted molar refractivity (Wildman–Crippen MR) is 83.2 cm³/mol. The van der Waals surface area contributed by atoms with Crippen LogP contribution in [0, 0.1) is 5.92 Å². The molecule has 3 heteroatoms. The lowest BCUT2D eigenvalue weighted by Gasteiger charge is -2.33. The Labute approximate surface area is 118 Å². The second-order valence-electron chi connectivity index (χ2n) is 5.85. The Balaban J connectivity index is 2.80. The highest BCUT2D eigenvalue weighted by Crippen LogP contribution is 2.20. The molecule has 0 amide bonds. The van der Waals surface area contributed by atoms with Crippen LogP contribution in [0.25, 0.3) is 0 Å². The summed E-state index contributed by atoms with van der Waals surface area (Å²) in [5, 5.41) is 0. The Morgan fingerprint density at radius 3 is 2.16 bits per heavy atom. The van der Waals surface area contributed by atoms with Crippen LogP contribution in [0.15, 0.2) is 30.3 Å². The third-order valence-corrected chi connectivity index (χ3v) is 3.28. The summed E-state index contributed by atoms with van der Waals surface area (Å²) in [6, 6.07) is 10.9. The van der Waals surface area contributed by atoms with Gasteiger partial charge in [0.25, 0.3) is 0 Å². The van der Waals surface area contributed by atoms with E-state index >= 15 is 0 Å². The Morgan fingerprint density at radius 1 is 1.05 bits per heavy atom. The van der Waals surface area contributed by atoms with Crippen LogP contribution >= 0.6 is 0 Å². The van der Waals surface area contributed by atoms with Gasteiger partial charge in [0.2, 0.25) is 0 Å². The molecule has 0 radical (unpaired) electrons. The molecule has 1 aromatic rings. The molecule has 0 fully saturated rings. The van der Waals surface area contributed by atoms with E-state index in [4.69, 9.17) is 5.73 Å². The quantitative estimate of drug-likeness (QED) is 0.780. The maximum atomic E-state index is 6.03. The maximum Gasteiger partial charge on any atom is 0.0471 e. The van der Waals surface area contributed by atoms with Crippen LogP contribution in [0.1, 0.15) is 25.5 Å². The molecule has 1 atom stereocenters. The molecule has 0 heterocycles. The summed E-state index contributed by atoms with van der Waals surface area (Å²) >= 11 is 0. The Hall–Kier alpha value is -0.900. The molecule has 1 unspecified atom stereocenters. The number of hydrogen-bond donors (Lipinski definition) is 1. The largest absolute Gasteiger partial charge is 0.329 e. The second-order valence-corrected chi connectivity index (χ2v) is 5.85. The van der Waals surface area contributed by atoms with Gasteiger partial charge in [0.1, 0.15) is 0 Å². The van der Waals surface area contributed by atoms with Gasteiger partial charge in [0.05, 0.1) is 0 Å². The van der Waals surface area contributed by atoms with E-state index < -0.39 is 0 Å². The normalized spacial score (nSPS) is 13.5. The Kier molecular flexibility index (Phi) is 7.06. The van der Waals surface area contributed by atoms with E-state index in [0.29, 0.717) is 18.5 Å². The Morgan fingerprint density at radius 2 is 1.68 bits per heavy atom. The first-order valence-electron chi connectivity index (χ1n) is 7.18. The van der Waals surface area contributed by atoms with E-state index in [1.54, 1.807) is 0 Å². The van der Waals surface area contributed by atoms with E-state index in [1.165, 1.54) is 5.56 Å². The minimum atomic E-state index is 0.323. The van der Waals surface area contributed by atoms with E-state index in [2.05, 4.69) is 68.1 Å². The molecule has 1 aromatic carbocycles. The van der Waals surface area contributed by atoms with Crippen LogP contribution in [-0.4, -0.2) is 50.1 Å². The smallest absolute Gasteiger partial charge is 0.0471 e. The van der Waals surface area contributed by atoms with Crippen molar-refractivity contribution < 1.29 is 0 Å². The van der Waals surface area contributed by atoms with Crippen LogP contribution in [-0.2, 0) is 0 Å². The summed E-state index contributed by atoms with van der Waals surface area (Å²) in [7, 11) is 4.24. The topological polar surface area (TPSA) is 32.5 Å². The molecular formula is C16H29N3. The standard InChI is InChI=1S/C16H29N3/c1-14(2)13-19(11-10-18(3)4)16(12-17)15-8-6-5-7-9-15/h5-9,14,16H,10-13,17H2,1-4H3. The SMILES string of the molecule is CC(C)CN(CCN(C)C)C(CN)c1ccccc1. The van der Waals surface area contributed by atoms with Gasteiger partial charge in [0, 0.05) is 32.2 Å². The first-order valence-corrected chi connectivity index (χ1v) is 7.18. The van der Waals surface area contributed by atoms with Gasteiger partial charge in [-0.15, -0.1) is 0 Å². The zero-order valence-electron chi connectivity index (χ0n) is 12.8.